The van der Waals surface area contributed by atoms with Crippen molar-refractivity contribution in [1.29, 1.82) is 0 Å². The smallest absolute Gasteiger partial charge is 0.255 e. The van der Waals surface area contributed by atoms with Gasteiger partial charge in [-0.2, -0.15) is 0 Å². The minimum Gasteiger partial charge on any atom is -0.335 e. The van der Waals surface area contributed by atoms with Crippen LogP contribution in [0.25, 0.3) is 0 Å². The number of rotatable bonds is 2. The van der Waals surface area contributed by atoms with Crippen molar-refractivity contribution in [2.75, 3.05) is 6.54 Å². The van der Waals surface area contributed by atoms with Gasteiger partial charge in [0.15, 0.2) is 0 Å². The quantitative estimate of drug-likeness (QED) is 0.749. The number of nitrogens with zero attached hydrogens (tertiary/aromatic N) is 1. The largest absolute Gasteiger partial charge is 0.335 e. The van der Waals surface area contributed by atoms with E-state index < -0.39 is 0 Å². The summed E-state index contributed by atoms with van der Waals surface area (Å²) < 4.78 is 13.8. The van der Waals surface area contributed by atoms with Crippen molar-refractivity contribution in [3.63, 3.8) is 0 Å². The van der Waals surface area contributed by atoms with Crippen molar-refractivity contribution in [3.05, 3.63) is 34.1 Å². The molecule has 1 aliphatic heterocycles. The maximum atomic E-state index is 13.2. The Morgan fingerprint density at radius 1 is 1.14 bits per heavy atom. The molecule has 114 valence electrons. The Hall–Kier alpha value is -0.900. The fourth-order valence-electron chi connectivity index (χ4n) is 3.87. The van der Waals surface area contributed by atoms with Crippen LogP contribution < -0.4 is 0 Å². The Morgan fingerprint density at radius 2 is 1.90 bits per heavy atom. The lowest BCUT2D eigenvalue weighted by atomic mass is 9.83. The summed E-state index contributed by atoms with van der Waals surface area (Å²) in [5, 5.41) is 0. The van der Waals surface area contributed by atoms with E-state index in [0.717, 1.165) is 19.4 Å². The highest BCUT2D eigenvalue weighted by atomic mass is 79.9. The van der Waals surface area contributed by atoms with E-state index >= 15 is 0 Å². The summed E-state index contributed by atoms with van der Waals surface area (Å²) in [4.78, 5) is 14.8. The van der Waals surface area contributed by atoms with Gasteiger partial charge in [-0.3, -0.25) is 4.79 Å². The van der Waals surface area contributed by atoms with Gasteiger partial charge in [-0.1, -0.05) is 19.3 Å². The molecule has 0 radical (unpaired) electrons. The van der Waals surface area contributed by atoms with E-state index in [-0.39, 0.29) is 11.7 Å². The Balaban J connectivity index is 1.79. The Labute approximate surface area is 133 Å². The number of hydrogen-bond acceptors (Lipinski definition) is 1. The molecule has 1 amide bonds. The molecule has 1 unspecified atom stereocenters. The fraction of sp³-hybridized carbons (Fsp3) is 0.588. The van der Waals surface area contributed by atoms with Gasteiger partial charge in [0.2, 0.25) is 0 Å². The fourth-order valence-corrected chi connectivity index (χ4v) is 4.39. The van der Waals surface area contributed by atoms with Gasteiger partial charge in [0.1, 0.15) is 5.82 Å². The minimum atomic E-state index is -0.316. The zero-order valence-corrected chi connectivity index (χ0v) is 13.7. The van der Waals surface area contributed by atoms with E-state index in [9.17, 15) is 9.18 Å². The predicted octanol–water partition coefficient (Wildman–Crippen LogP) is 4.77. The van der Waals surface area contributed by atoms with Crippen molar-refractivity contribution >= 4 is 21.8 Å². The molecule has 1 atom stereocenters. The molecular formula is C17H21BrFNO. The van der Waals surface area contributed by atoms with Gasteiger partial charge in [-0.25, -0.2) is 4.39 Å². The second-order valence-corrected chi connectivity index (χ2v) is 7.08. The van der Waals surface area contributed by atoms with Crippen LogP contribution in [0.5, 0.6) is 0 Å². The average molecular weight is 354 g/mol. The van der Waals surface area contributed by atoms with Crippen molar-refractivity contribution in [2.24, 2.45) is 5.92 Å². The molecule has 21 heavy (non-hydrogen) atoms. The number of benzene rings is 1. The van der Waals surface area contributed by atoms with E-state index in [4.69, 9.17) is 0 Å². The van der Waals surface area contributed by atoms with Crippen LogP contribution in [0.1, 0.15) is 55.3 Å². The molecule has 2 aliphatic rings. The summed E-state index contributed by atoms with van der Waals surface area (Å²) in [5.41, 5.74) is 0.583. The van der Waals surface area contributed by atoms with Crippen molar-refractivity contribution in [1.82, 2.24) is 4.90 Å². The topological polar surface area (TPSA) is 20.3 Å². The Kier molecular flexibility index (Phi) is 4.63. The predicted molar refractivity (Wildman–Crippen MR) is 84.7 cm³/mol. The molecule has 0 N–H and O–H groups in total. The Morgan fingerprint density at radius 3 is 2.62 bits per heavy atom. The SMILES string of the molecule is O=C(c1ccc(F)cc1Br)N1CCCC1C1CCCCC1. The maximum Gasteiger partial charge on any atom is 0.255 e. The lowest BCUT2D eigenvalue weighted by molar-refractivity contribution is 0.0660. The number of carbonyl (C=O) groups excluding carboxylic acids is 1. The first-order valence-corrected chi connectivity index (χ1v) is 8.72. The van der Waals surface area contributed by atoms with E-state index in [0.29, 0.717) is 22.0 Å². The molecule has 1 saturated carbocycles. The molecule has 0 aromatic heterocycles. The standard InChI is InChI=1S/C17H21BrFNO/c18-15-11-13(19)8-9-14(15)17(21)20-10-4-7-16(20)12-5-2-1-3-6-12/h8-9,11-12,16H,1-7,10H2. The first kappa shape index (κ1) is 15.0. The van der Waals surface area contributed by atoms with Crippen LogP contribution in [0, 0.1) is 11.7 Å². The van der Waals surface area contributed by atoms with Crippen LogP contribution in [-0.4, -0.2) is 23.4 Å². The van der Waals surface area contributed by atoms with Gasteiger partial charge in [-0.15, -0.1) is 0 Å². The van der Waals surface area contributed by atoms with Crippen LogP contribution in [0.3, 0.4) is 0 Å². The van der Waals surface area contributed by atoms with Crippen molar-refractivity contribution in [2.45, 2.75) is 51.0 Å². The molecular weight excluding hydrogens is 333 g/mol. The molecule has 1 saturated heterocycles. The van der Waals surface area contributed by atoms with E-state index in [1.165, 1.54) is 44.2 Å². The van der Waals surface area contributed by atoms with Crippen molar-refractivity contribution < 1.29 is 9.18 Å². The highest BCUT2D eigenvalue weighted by Gasteiger charge is 2.35. The second kappa shape index (κ2) is 6.47. The third kappa shape index (κ3) is 3.15. The molecule has 1 aliphatic carbocycles. The lowest BCUT2D eigenvalue weighted by Crippen LogP contribution is -2.40. The number of halogens is 2. The van der Waals surface area contributed by atoms with Crippen LogP contribution >= 0.6 is 15.9 Å². The van der Waals surface area contributed by atoms with Crippen LogP contribution in [0.15, 0.2) is 22.7 Å². The first-order valence-electron chi connectivity index (χ1n) is 7.93. The van der Waals surface area contributed by atoms with Gasteiger partial charge in [0.25, 0.3) is 5.91 Å². The van der Waals surface area contributed by atoms with E-state index in [2.05, 4.69) is 15.9 Å². The number of likely N-dealkylation sites (tertiary alicyclic amines) is 1. The highest BCUT2D eigenvalue weighted by Crippen LogP contribution is 2.35. The van der Waals surface area contributed by atoms with Crippen LogP contribution in [-0.2, 0) is 0 Å². The molecule has 0 bridgehead atoms. The summed E-state index contributed by atoms with van der Waals surface area (Å²) in [6, 6.07) is 4.72. The summed E-state index contributed by atoms with van der Waals surface area (Å²) in [6.45, 7) is 0.837. The molecule has 2 nitrogen and oxygen atoms in total. The number of carbonyl (C=O) groups is 1. The van der Waals surface area contributed by atoms with Gasteiger partial charge in [0.05, 0.1) is 5.56 Å². The summed E-state index contributed by atoms with van der Waals surface area (Å²) in [6.07, 6.45) is 8.63. The zero-order valence-electron chi connectivity index (χ0n) is 12.2. The van der Waals surface area contributed by atoms with E-state index in [1.54, 1.807) is 6.07 Å². The van der Waals surface area contributed by atoms with Gasteiger partial charge in [-0.05, 0) is 65.7 Å². The highest BCUT2D eigenvalue weighted by molar-refractivity contribution is 9.10. The number of hydrogen-bond donors (Lipinski definition) is 0. The molecule has 2 fully saturated rings. The normalized spacial score (nSPS) is 23.5. The molecule has 1 aromatic rings. The van der Waals surface area contributed by atoms with Gasteiger partial charge >= 0.3 is 0 Å². The van der Waals surface area contributed by atoms with Crippen molar-refractivity contribution in [3.8, 4) is 0 Å². The monoisotopic (exact) mass is 353 g/mol. The Bertz CT molecular complexity index is 528. The average Bonchev–Trinajstić information content (AvgIpc) is 2.97. The molecule has 1 heterocycles. The van der Waals surface area contributed by atoms with E-state index in [1.807, 2.05) is 4.90 Å². The molecule has 0 spiro atoms. The van der Waals surface area contributed by atoms with Crippen LogP contribution in [0.4, 0.5) is 4.39 Å². The summed E-state index contributed by atoms with van der Waals surface area (Å²) in [5.74, 6) is 0.392. The first-order chi connectivity index (χ1) is 10.2. The lowest BCUT2D eigenvalue weighted by Gasteiger charge is -2.34. The maximum absolute atomic E-state index is 13.2. The summed E-state index contributed by atoms with van der Waals surface area (Å²) >= 11 is 3.32. The summed E-state index contributed by atoms with van der Waals surface area (Å²) in [7, 11) is 0. The third-order valence-corrected chi connectivity index (χ3v) is 5.57. The van der Waals surface area contributed by atoms with Gasteiger partial charge in [0, 0.05) is 17.1 Å². The van der Waals surface area contributed by atoms with Crippen LogP contribution in [0.2, 0.25) is 0 Å². The zero-order chi connectivity index (χ0) is 14.8. The molecule has 1 aromatic carbocycles. The molecule has 3 rings (SSSR count). The number of amides is 1. The second-order valence-electron chi connectivity index (χ2n) is 6.23. The van der Waals surface area contributed by atoms with Gasteiger partial charge < -0.3 is 4.90 Å². The molecule has 4 heteroatoms. The minimum absolute atomic E-state index is 0.0509. The third-order valence-electron chi connectivity index (χ3n) is 4.92.